The van der Waals surface area contributed by atoms with Crippen LogP contribution in [0.25, 0.3) is 22.1 Å². The topological polar surface area (TPSA) is 72.7 Å². The van der Waals surface area contributed by atoms with E-state index in [1.165, 1.54) is 0 Å². The van der Waals surface area contributed by atoms with Crippen molar-refractivity contribution in [2.45, 2.75) is 26.8 Å². The number of benzene rings is 2. The fourth-order valence-corrected chi connectivity index (χ4v) is 3.16. The normalized spacial score (nSPS) is 11.4. The number of hydrogen-bond acceptors (Lipinski definition) is 4. The summed E-state index contributed by atoms with van der Waals surface area (Å²) in [5, 5.41) is 12.2. The van der Waals surface area contributed by atoms with Crippen LogP contribution in [0.15, 0.2) is 48.5 Å². The number of carbonyl (C=O) groups is 1. The van der Waals surface area contributed by atoms with Gasteiger partial charge < -0.3 is 4.57 Å². The highest BCUT2D eigenvalue weighted by molar-refractivity contribution is 6.06. The summed E-state index contributed by atoms with van der Waals surface area (Å²) in [5.74, 6) is -0.0532. The second-order valence-corrected chi connectivity index (χ2v) is 6.61. The van der Waals surface area contributed by atoms with Gasteiger partial charge in [0.25, 0.3) is 11.9 Å². The van der Waals surface area contributed by atoms with Crippen LogP contribution in [0, 0.1) is 6.92 Å². The van der Waals surface area contributed by atoms with Gasteiger partial charge >= 0.3 is 0 Å². The summed E-state index contributed by atoms with van der Waals surface area (Å²) in [5.41, 5.74) is 4.24. The number of nitrogens with zero attached hydrogens (tertiary/aromatic N) is 4. The first-order chi connectivity index (χ1) is 12.5. The molecule has 0 radical (unpaired) electrons. The van der Waals surface area contributed by atoms with Gasteiger partial charge in [0.2, 0.25) is 0 Å². The molecule has 6 nitrogen and oxygen atoms in total. The summed E-state index contributed by atoms with van der Waals surface area (Å²) in [6, 6.07) is 15.4. The van der Waals surface area contributed by atoms with Gasteiger partial charge in [0.15, 0.2) is 5.65 Å². The molecule has 0 aliphatic carbocycles. The third kappa shape index (κ3) is 2.69. The van der Waals surface area contributed by atoms with Gasteiger partial charge in [0.1, 0.15) is 5.52 Å². The zero-order valence-electron chi connectivity index (χ0n) is 14.9. The van der Waals surface area contributed by atoms with Gasteiger partial charge in [-0.15, -0.1) is 10.2 Å². The van der Waals surface area contributed by atoms with Crippen molar-refractivity contribution in [3.63, 3.8) is 0 Å². The molecule has 0 unspecified atom stereocenters. The van der Waals surface area contributed by atoms with E-state index in [4.69, 9.17) is 0 Å². The Bertz CT molecular complexity index is 1120. The van der Waals surface area contributed by atoms with Crippen LogP contribution in [0.1, 0.15) is 35.8 Å². The number of carbonyl (C=O) groups excluding carboxylic acids is 1. The second-order valence-electron chi connectivity index (χ2n) is 6.61. The minimum absolute atomic E-state index is 0.201. The molecule has 0 fully saturated rings. The summed E-state index contributed by atoms with van der Waals surface area (Å²) in [4.78, 5) is 16.9. The number of fused-ring (bicyclic) bond motifs is 3. The molecule has 0 aliphatic rings. The fraction of sp³-hybridized carbons (Fsp3) is 0.200. The zero-order chi connectivity index (χ0) is 18.3. The first-order valence-corrected chi connectivity index (χ1v) is 8.56. The average molecular weight is 345 g/mol. The summed E-state index contributed by atoms with van der Waals surface area (Å²) in [6.45, 7) is 6.25. The summed E-state index contributed by atoms with van der Waals surface area (Å²) >= 11 is 0. The summed E-state index contributed by atoms with van der Waals surface area (Å²) in [6.07, 6.45) is 0. The number of anilines is 1. The standard InChI is InChI=1S/C20H19N5O/c1-12(2)25-16-10-9-13(3)11-15(16)17-18(25)21-20(24-23-17)22-19(26)14-7-5-4-6-8-14/h4-12H,1-3H3,(H,21,22,24,26). The van der Waals surface area contributed by atoms with Crippen molar-refractivity contribution in [3.05, 3.63) is 59.7 Å². The van der Waals surface area contributed by atoms with Crippen molar-refractivity contribution in [3.8, 4) is 0 Å². The van der Waals surface area contributed by atoms with Crippen LogP contribution < -0.4 is 5.32 Å². The molecule has 0 spiro atoms. The average Bonchev–Trinajstić information content (AvgIpc) is 2.95. The van der Waals surface area contributed by atoms with Gasteiger partial charge in [-0.3, -0.25) is 10.1 Å². The van der Waals surface area contributed by atoms with Gasteiger partial charge in [-0.2, -0.15) is 4.98 Å². The first kappa shape index (κ1) is 16.2. The van der Waals surface area contributed by atoms with Gasteiger partial charge in [0.05, 0.1) is 5.52 Å². The van der Waals surface area contributed by atoms with Crippen molar-refractivity contribution in [2.75, 3.05) is 5.32 Å². The second kappa shape index (κ2) is 6.22. The van der Waals surface area contributed by atoms with Crippen LogP contribution in [-0.2, 0) is 0 Å². The Morgan fingerprint density at radius 3 is 2.58 bits per heavy atom. The van der Waals surface area contributed by atoms with Crippen LogP contribution in [0.4, 0.5) is 5.95 Å². The molecular weight excluding hydrogens is 326 g/mol. The van der Waals surface area contributed by atoms with E-state index in [1.54, 1.807) is 12.1 Å². The van der Waals surface area contributed by atoms with Crippen LogP contribution in [0.5, 0.6) is 0 Å². The van der Waals surface area contributed by atoms with Gasteiger partial charge in [-0.05, 0) is 45.0 Å². The maximum Gasteiger partial charge on any atom is 0.258 e. The predicted octanol–water partition coefficient (Wildman–Crippen LogP) is 4.12. The molecule has 130 valence electrons. The molecule has 4 aromatic rings. The van der Waals surface area contributed by atoms with E-state index < -0.39 is 0 Å². The van der Waals surface area contributed by atoms with Crippen molar-refractivity contribution >= 4 is 33.9 Å². The predicted molar refractivity (Wildman–Crippen MR) is 102 cm³/mol. The fourth-order valence-electron chi connectivity index (χ4n) is 3.16. The van der Waals surface area contributed by atoms with Gasteiger partial charge in [-0.1, -0.05) is 29.8 Å². The number of amides is 1. The highest BCUT2D eigenvalue weighted by Gasteiger charge is 2.17. The molecule has 2 heterocycles. The maximum absolute atomic E-state index is 12.4. The highest BCUT2D eigenvalue weighted by atomic mass is 16.1. The first-order valence-electron chi connectivity index (χ1n) is 8.56. The third-order valence-electron chi connectivity index (χ3n) is 4.34. The Balaban J connectivity index is 1.83. The van der Waals surface area contributed by atoms with Crippen LogP contribution in [-0.4, -0.2) is 25.7 Å². The number of nitrogens with one attached hydrogen (secondary N) is 1. The van der Waals surface area contributed by atoms with Crippen LogP contribution in [0.2, 0.25) is 0 Å². The molecule has 0 saturated carbocycles. The lowest BCUT2D eigenvalue weighted by molar-refractivity contribution is 0.102. The highest BCUT2D eigenvalue weighted by Crippen LogP contribution is 2.30. The number of aromatic nitrogens is 4. The number of hydrogen-bond donors (Lipinski definition) is 1. The lowest BCUT2D eigenvalue weighted by Gasteiger charge is -2.11. The Hall–Kier alpha value is -3.28. The Kier molecular flexibility index (Phi) is 3.88. The van der Waals surface area contributed by atoms with Gasteiger partial charge in [-0.25, -0.2) is 0 Å². The Morgan fingerprint density at radius 2 is 1.85 bits per heavy atom. The van der Waals surface area contributed by atoms with E-state index in [0.29, 0.717) is 5.56 Å². The Labute approximate surface area is 150 Å². The van der Waals surface area contributed by atoms with E-state index in [1.807, 2.05) is 25.1 Å². The monoisotopic (exact) mass is 345 g/mol. The van der Waals surface area contributed by atoms with Gasteiger partial charge in [0, 0.05) is 17.0 Å². The van der Waals surface area contributed by atoms with E-state index in [0.717, 1.165) is 27.6 Å². The molecule has 1 N–H and O–H groups in total. The molecule has 0 saturated heterocycles. The molecule has 26 heavy (non-hydrogen) atoms. The molecule has 6 heteroatoms. The lowest BCUT2D eigenvalue weighted by Crippen LogP contribution is -2.15. The summed E-state index contributed by atoms with van der Waals surface area (Å²) < 4.78 is 2.12. The number of rotatable bonds is 3. The number of aryl methyl sites for hydroxylation is 1. The minimum Gasteiger partial charge on any atom is -0.321 e. The van der Waals surface area contributed by atoms with Crippen molar-refractivity contribution in [1.29, 1.82) is 0 Å². The van der Waals surface area contributed by atoms with Crippen molar-refractivity contribution < 1.29 is 4.79 Å². The van der Waals surface area contributed by atoms with Crippen molar-refractivity contribution in [1.82, 2.24) is 19.7 Å². The summed E-state index contributed by atoms with van der Waals surface area (Å²) in [7, 11) is 0. The van der Waals surface area contributed by atoms with E-state index in [-0.39, 0.29) is 17.9 Å². The minimum atomic E-state index is -0.255. The molecule has 4 rings (SSSR count). The third-order valence-corrected chi connectivity index (χ3v) is 4.34. The molecule has 1 amide bonds. The largest absolute Gasteiger partial charge is 0.321 e. The van der Waals surface area contributed by atoms with E-state index in [9.17, 15) is 4.79 Å². The van der Waals surface area contributed by atoms with Crippen molar-refractivity contribution in [2.24, 2.45) is 0 Å². The van der Waals surface area contributed by atoms with Crippen LogP contribution >= 0.6 is 0 Å². The van der Waals surface area contributed by atoms with Crippen LogP contribution in [0.3, 0.4) is 0 Å². The maximum atomic E-state index is 12.4. The molecule has 0 bridgehead atoms. The smallest absolute Gasteiger partial charge is 0.258 e. The zero-order valence-corrected chi connectivity index (χ0v) is 14.9. The SMILES string of the molecule is Cc1ccc2c(c1)c1nnc(NC(=O)c3ccccc3)nc1n2C(C)C. The quantitative estimate of drug-likeness (QED) is 0.606. The lowest BCUT2D eigenvalue weighted by atomic mass is 10.2. The molecule has 2 aromatic carbocycles. The Morgan fingerprint density at radius 1 is 1.08 bits per heavy atom. The van der Waals surface area contributed by atoms with E-state index in [2.05, 4.69) is 57.1 Å². The molecule has 2 aromatic heterocycles. The molecule has 0 atom stereocenters. The molecular formula is C20H19N5O. The van der Waals surface area contributed by atoms with E-state index >= 15 is 0 Å². The molecule has 0 aliphatic heterocycles.